The van der Waals surface area contributed by atoms with Crippen LogP contribution in [0.15, 0.2) is 97.1 Å². The van der Waals surface area contributed by atoms with Crippen LogP contribution in [0.4, 0.5) is 8.78 Å². The second kappa shape index (κ2) is 21.2. The van der Waals surface area contributed by atoms with Crippen LogP contribution < -0.4 is 5.32 Å². The summed E-state index contributed by atoms with van der Waals surface area (Å²) in [5.41, 5.74) is 6.36. The highest BCUT2D eigenvalue weighted by Crippen LogP contribution is 2.34. The maximum Gasteiger partial charge on any atom is 0.263 e. The summed E-state index contributed by atoms with van der Waals surface area (Å²) in [7, 11) is 0. The van der Waals surface area contributed by atoms with Gasteiger partial charge in [0.25, 0.3) is 11.8 Å². The van der Waals surface area contributed by atoms with Gasteiger partial charge in [-0.25, -0.2) is 18.9 Å². The molecule has 6 atom stereocenters. The van der Waals surface area contributed by atoms with Crippen molar-refractivity contribution in [1.29, 1.82) is 0 Å². The van der Waals surface area contributed by atoms with Crippen LogP contribution in [0.25, 0.3) is 0 Å². The Labute approximate surface area is 354 Å². The van der Waals surface area contributed by atoms with Gasteiger partial charge >= 0.3 is 0 Å². The number of rotatable bonds is 7. The Bertz CT molecular complexity index is 1940. The zero-order chi connectivity index (χ0) is 41.9. The zero-order valence-electron chi connectivity index (χ0n) is 33.7. The molecule has 59 heavy (non-hydrogen) atoms. The molecule has 4 aliphatic heterocycles. The number of hydroxylamine groups is 4. The molecule has 316 valence electrons. The number of nitrogens with zero attached hydrogens (tertiary/aromatic N) is 3. The van der Waals surface area contributed by atoms with Crippen LogP contribution in [0.1, 0.15) is 70.9 Å². The van der Waals surface area contributed by atoms with Gasteiger partial charge in [-0.1, -0.05) is 99.9 Å². The maximum atomic E-state index is 15.0. The van der Waals surface area contributed by atoms with E-state index < -0.39 is 12.3 Å². The summed E-state index contributed by atoms with van der Waals surface area (Å²) in [4.78, 5) is 37.6. The highest BCUT2D eigenvalue weighted by atomic mass is 79.9. The largest absolute Gasteiger partial charge is 0.508 e. The minimum absolute atomic E-state index is 0.00632. The van der Waals surface area contributed by atoms with Crippen LogP contribution in [0, 0.1) is 13.8 Å². The highest BCUT2D eigenvalue weighted by Gasteiger charge is 2.39. The van der Waals surface area contributed by atoms with Crippen molar-refractivity contribution < 1.29 is 38.3 Å². The molecule has 8 rings (SSSR count). The van der Waals surface area contributed by atoms with E-state index in [1.165, 1.54) is 21.3 Å². The first-order valence-electron chi connectivity index (χ1n) is 20.4. The van der Waals surface area contributed by atoms with Crippen molar-refractivity contribution in [3.8, 4) is 11.5 Å². The molecule has 2 amide bonds. The van der Waals surface area contributed by atoms with Crippen molar-refractivity contribution in [1.82, 2.24) is 20.3 Å². The number of amides is 2. The van der Waals surface area contributed by atoms with E-state index in [9.17, 15) is 23.5 Å². The average molecular weight is 878 g/mol. The lowest BCUT2D eigenvalue weighted by Crippen LogP contribution is -2.56. The van der Waals surface area contributed by atoms with Crippen molar-refractivity contribution in [3.63, 3.8) is 0 Å². The number of phenols is 2. The summed E-state index contributed by atoms with van der Waals surface area (Å²) in [6, 6.07) is 29.4. The minimum Gasteiger partial charge on any atom is -0.508 e. The molecule has 4 saturated heterocycles. The summed E-state index contributed by atoms with van der Waals surface area (Å²) in [6.45, 7) is 8.24. The quantitative estimate of drug-likeness (QED) is 0.162. The van der Waals surface area contributed by atoms with Crippen LogP contribution in [0.5, 0.6) is 11.5 Å². The first kappa shape index (κ1) is 44.2. The molecular formula is C46H55BrF2N4O6. The summed E-state index contributed by atoms with van der Waals surface area (Å²) in [5, 5.41) is 24.5. The minimum atomic E-state index is -1.05. The van der Waals surface area contributed by atoms with Gasteiger partial charge in [-0.2, -0.15) is 0 Å². The topological polar surface area (TPSA) is 115 Å². The van der Waals surface area contributed by atoms with Crippen LogP contribution in [0.3, 0.4) is 0 Å². The molecule has 4 fully saturated rings. The molecule has 13 heteroatoms. The molecule has 0 aromatic heterocycles. The average Bonchev–Trinajstić information content (AvgIpc) is 3.23. The van der Waals surface area contributed by atoms with E-state index in [1.807, 2.05) is 67.3 Å². The molecule has 0 aliphatic carbocycles. The second-order valence-corrected chi connectivity index (χ2v) is 16.8. The van der Waals surface area contributed by atoms with E-state index >= 15 is 0 Å². The number of carbonyl (C=O) groups excluding carboxylic acids is 2. The number of phenolic OH excluding ortho intramolecular Hbond substituents is 2. The van der Waals surface area contributed by atoms with Gasteiger partial charge in [0.2, 0.25) is 0 Å². The Balaban J connectivity index is 0.000000164. The second-order valence-electron chi connectivity index (χ2n) is 15.7. The Morgan fingerprint density at radius 1 is 0.661 bits per heavy atom. The van der Waals surface area contributed by atoms with E-state index in [2.05, 4.69) is 21.2 Å². The highest BCUT2D eigenvalue weighted by molar-refractivity contribution is 9.10. The maximum absolute atomic E-state index is 15.0. The molecule has 0 bridgehead atoms. The van der Waals surface area contributed by atoms with Gasteiger partial charge in [-0.3, -0.25) is 24.2 Å². The van der Waals surface area contributed by atoms with E-state index in [1.54, 1.807) is 48.5 Å². The summed E-state index contributed by atoms with van der Waals surface area (Å²) >= 11 is 3.35. The molecule has 4 aromatic carbocycles. The van der Waals surface area contributed by atoms with Gasteiger partial charge in [0.05, 0.1) is 37.2 Å². The Morgan fingerprint density at radius 2 is 1.15 bits per heavy atom. The molecule has 10 nitrogen and oxygen atoms in total. The number of alkyl halides is 3. The number of likely N-dealkylation sites (tertiary alicyclic amines) is 1. The van der Waals surface area contributed by atoms with Gasteiger partial charge in [-0.15, -0.1) is 0 Å². The lowest BCUT2D eigenvalue weighted by Gasteiger charge is -2.42. The number of aryl methyl sites for hydroxylation is 2. The molecule has 4 heterocycles. The van der Waals surface area contributed by atoms with Gasteiger partial charge in [0.15, 0.2) is 0 Å². The van der Waals surface area contributed by atoms with Crippen LogP contribution in [0.2, 0.25) is 0 Å². The smallest absolute Gasteiger partial charge is 0.263 e. The van der Waals surface area contributed by atoms with Crippen LogP contribution in [-0.4, -0.2) is 99.7 Å². The number of hydrogen-bond donors (Lipinski definition) is 3. The van der Waals surface area contributed by atoms with E-state index in [4.69, 9.17) is 14.8 Å². The first-order chi connectivity index (χ1) is 28.4. The van der Waals surface area contributed by atoms with Crippen molar-refractivity contribution in [2.45, 2.75) is 87.7 Å². The monoisotopic (exact) mass is 876 g/mol. The Hall–Kier alpha value is -4.40. The number of hydrogen-bond acceptors (Lipinski definition) is 8. The fraction of sp³-hybridized carbons (Fsp3) is 0.435. The fourth-order valence-corrected chi connectivity index (χ4v) is 8.18. The van der Waals surface area contributed by atoms with Crippen molar-refractivity contribution in [3.05, 3.63) is 130 Å². The molecule has 2 unspecified atom stereocenters. The fourth-order valence-electron chi connectivity index (χ4n) is 7.77. The standard InChI is InChI=1S/C23H27FN2O3.C12H14BrNO2.C11H14FNO/c1-16-2-4-17(5-3-16)14-26-23(28)22(11-13-29-26)25-12-10-20(21(24)15-25)18-6-8-19(27)9-7-18;1-9-2-4-10(5-3-9)8-14-12(15)11(13)6-7-16-14;12-11-7-13-6-5-10(11)8-1-3-9(14)4-2-8/h2-9,20-22,27H,10-15H2,1H3;2-5,11H,6-8H2,1H3;1-4,10-11,13-14H,5-7H2/t20-,21+,22?;;10-,11+/m0.0/s1. The number of halogens is 3. The van der Waals surface area contributed by atoms with Gasteiger partial charge in [-0.05, 0) is 99.1 Å². The van der Waals surface area contributed by atoms with Gasteiger partial charge in [0.1, 0.15) is 23.8 Å². The molecule has 4 aromatic rings. The normalized spacial score (nSPS) is 25.0. The van der Waals surface area contributed by atoms with E-state index in [0.29, 0.717) is 52.2 Å². The van der Waals surface area contributed by atoms with Crippen LogP contribution >= 0.6 is 15.9 Å². The van der Waals surface area contributed by atoms with Crippen LogP contribution in [-0.2, 0) is 32.4 Å². The van der Waals surface area contributed by atoms with E-state index in [-0.39, 0.29) is 52.6 Å². The number of aromatic hydroxyl groups is 2. The molecule has 0 radical (unpaired) electrons. The summed E-state index contributed by atoms with van der Waals surface area (Å²) < 4.78 is 28.5. The number of piperidine rings is 2. The number of benzene rings is 4. The van der Waals surface area contributed by atoms with Crippen molar-refractivity contribution in [2.24, 2.45) is 0 Å². The lowest BCUT2D eigenvalue weighted by atomic mass is 9.87. The zero-order valence-corrected chi connectivity index (χ0v) is 35.3. The van der Waals surface area contributed by atoms with Gasteiger partial charge < -0.3 is 15.5 Å². The third kappa shape index (κ3) is 12.3. The summed E-state index contributed by atoms with van der Waals surface area (Å²) in [5.74, 6) is 0.113. The SMILES string of the molecule is Cc1ccc(CN2OCCC(Br)C2=O)cc1.Cc1ccc(CN2OCCC(N3CC[C@@H](c4ccc(O)cc4)[C@H](F)C3)C2=O)cc1.Oc1ccc([C@@H]2CCNC[C@H]2F)cc1. The van der Waals surface area contributed by atoms with Crippen molar-refractivity contribution >= 4 is 27.7 Å². The third-order valence-electron chi connectivity index (χ3n) is 11.3. The Kier molecular flexibility index (Phi) is 15.9. The molecule has 4 aliphatic rings. The number of carbonyl (C=O) groups is 2. The Morgan fingerprint density at radius 3 is 1.66 bits per heavy atom. The first-order valence-corrected chi connectivity index (χ1v) is 21.3. The molecule has 3 N–H and O–H groups in total. The van der Waals surface area contributed by atoms with Gasteiger partial charge in [0, 0.05) is 24.9 Å². The molecule has 0 spiro atoms. The van der Waals surface area contributed by atoms with E-state index in [0.717, 1.165) is 41.6 Å². The third-order valence-corrected chi connectivity index (χ3v) is 12.1. The van der Waals surface area contributed by atoms with Crippen molar-refractivity contribution in [2.75, 3.05) is 39.4 Å². The predicted octanol–water partition coefficient (Wildman–Crippen LogP) is 7.79. The summed E-state index contributed by atoms with van der Waals surface area (Å²) in [6.07, 6.45) is 0.937. The molecule has 0 saturated carbocycles. The molecular weight excluding hydrogens is 822 g/mol. The number of nitrogens with one attached hydrogen (secondary N) is 1. The lowest BCUT2D eigenvalue weighted by molar-refractivity contribution is -0.212. The predicted molar refractivity (Wildman–Crippen MR) is 226 cm³/mol.